The molecule has 0 aliphatic carbocycles. The van der Waals surface area contributed by atoms with E-state index in [0.717, 1.165) is 75.6 Å². The number of halogens is 2. The first-order valence-electron chi connectivity index (χ1n) is 10.0. The van der Waals surface area contributed by atoms with Gasteiger partial charge in [-0.2, -0.15) is 0 Å². The highest BCUT2D eigenvalue weighted by Crippen LogP contribution is 2.22. The minimum absolute atomic E-state index is 0. The van der Waals surface area contributed by atoms with Gasteiger partial charge in [0.1, 0.15) is 0 Å². The molecule has 3 heterocycles. The van der Waals surface area contributed by atoms with Crippen molar-refractivity contribution < 1.29 is 9.21 Å². The maximum absolute atomic E-state index is 12.2. The molecule has 2 aliphatic rings. The Bertz CT molecular complexity index is 750. The van der Waals surface area contributed by atoms with E-state index in [1.807, 2.05) is 30.3 Å². The summed E-state index contributed by atoms with van der Waals surface area (Å²) >= 11 is 0. The third-order valence-electron chi connectivity index (χ3n) is 5.52. The largest absolute Gasteiger partial charge is 0.439 e. The monoisotopic (exact) mass is 440 g/mol. The van der Waals surface area contributed by atoms with E-state index in [9.17, 15) is 4.79 Å². The molecule has 2 aliphatic heterocycles. The fourth-order valence-corrected chi connectivity index (χ4v) is 4.05. The summed E-state index contributed by atoms with van der Waals surface area (Å²) in [5.41, 5.74) is 1.05. The number of benzene rings is 1. The summed E-state index contributed by atoms with van der Waals surface area (Å²) in [4.78, 5) is 19.0. The lowest BCUT2D eigenvalue weighted by Crippen LogP contribution is -2.45. The lowest BCUT2D eigenvalue weighted by atomic mass is 9.98. The SMILES string of the molecule is Cl.Cl.O=C(NCC1CCCN(Cc2ncc(-c3ccccc3)o2)C1)C1CCCN1. The van der Waals surface area contributed by atoms with Crippen molar-refractivity contribution >= 4 is 30.7 Å². The van der Waals surface area contributed by atoms with Crippen LogP contribution in [-0.2, 0) is 11.3 Å². The fourth-order valence-electron chi connectivity index (χ4n) is 4.05. The second-order valence-corrected chi connectivity index (χ2v) is 7.62. The molecule has 2 N–H and O–H groups in total. The summed E-state index contributed by atoms with van der Waals surface area (Å²) in [7, 11) is 0. The number of hydrogen-bond donors (Lipinski definition) is 2. The van der Waals surface area contributed by atoms with Gasteiger partial charge in [0.25, 0.3) is 0 Å². The number of hydrogen-bond acceptors (Lipinski definition) is 5. The number of carbonyl (C=O) groups is 1. The van der Waals surface area contributed by atoms with E-state index in [2.05, 4.69) is 20.5 Å². The lowest BCUT2D eigenvalue weighted by Gasteiger charge is -2.32. The van der Waals surface area contributed by atoms with Gasteiger partial charge in [-0.25, -0.2) is 4.98 Å². The number of nitrogens with one attached hydrogen (secondary N) is 2. The molecule has 2 aromatic rings. The number of oxazole rings is 1. The van der Waals surface area contributed by atoms with E-state index >= 15 is 0 Å². The first-order valence-corrected chi connectivity index (χ1v) is 10.0. The fraction of sp³-hybridized carbons (Fsp3) is 0.524. The van der Waals surface area contributed by atoms with Crippen molar-refractivity contribution in [3.8, 4) is 11.3 Å². The van der Waals surface area contributed by atoms with Crippen LogP contribution in [0.15, 0.2) is 40.9 Å². The normalized spacial score (nSPS) is 21.8. The van der Waals surface area contributed by atoms with Crippen LogP contribution in [0.1, 0.15) is 31.6 Å². The van der Waals surface area contributed by atoms with E-state index in [1.54, 1.807) is 6.20 Å². The number of nitrogens with zero attached hydrogens (tertiary/aromatic N) is 2. The highest BCUT2D eigenvalue weighted by Gasteiger charge is 2.25. The Morgan fingerprint density at radius 2 is 2.03 bits per heavy atom. The minimum atomic E-state index is 0. The van der Waals surface area contributed by atoms with Gasteiger partial charge in [0.05, 0.1) is 18.8 Å². The molecule has 0 radical (unpaired) electrons. The van der Waals surface area contributed by atoms with Gasteiger partial charge in [0.2, 0.25) is 11.8 Å². The Balaban J connectivity index is 0.00000150. The lowest BCUT2D eigenvalue weighted by molar-refractivity contribution is -0.123. The smallest absolute Gasteiger partial charge is 0.237 e. The van der Waals surface area contributed by atoms with Crippen molar-refractivity contribution in [2.75, 3.05) is 26.2 Å². The average molecular weight is 441 g/mol. The van der Waals surface area contributed by atoms with E-state index in [0.29, 0.717) is 5.92 Å². The predicted octanol–water partition coefficient (Wildman–Crippen LogP) is 3.27. The third-order valence-corrected chi connectivity index (χ3v) is 5.52. The number of piperidine rings is 1. The van der Waals surface area contributed by atoms with Crippen molar-refractivity contribution in [2.45, 2.75) is 38.3 Å². The summed E-state index contributed by atoms with van der Waals surface area (Å²) < 4.78 is 5.94. The van der Waals surface area contributed by atoms with E-state index in [1.165, 1.54) is 0 Å². The summed E-state index contributed by atoms with van der Waals surface area (Å²) in [6, 6.07) is 10.1. The van der Waals surface area contributed by atoms with Gasteiger partial charge < -0.3 is 15.1 Å². The number of aromatic nitrogens is 1. The van der Waals surface area contributed by atoms with Gasteiger partial charge in [0, 0.05) is 18.7 Å². The summed E-state index contributed by atoms with van der Waals surface area (Å²) in [6.45, 7) is 4.46. The zero-order valence-corrected chi connectivity index (χ0v) is 18.1. The third kappa shape index (κ3) is 6.44. The molecule has 160 valence electrons. The summed E-state index contributed by atoms with van der Waals surface area (Å²) in [5, 5.41) is 6.40. The maximum Gasteiger partial charge on any atom is 0.237 e. The molecular formula is C21H30Cl2N4O2. The van der Waals surface area contributed by atoms with Crippen LogP contribution in [-0.4, -0.2) is 48.0 Å². The molecule has 1 aromatic heterocycles. The predicted molar refractivity (Wildman–Crippen MR) is 118 cm³/mol. The summed E-state index contributed by atoms with van der Waals surface area (Å²) in [6.07, 6.45) is 6.16. The Morgan fingerprint density at radius 1 is 1.21 bits per heavy atom. The quantitative estimate of drug-likeness (QED) is 0.720. The van der Waals surface area contributed by atoms with Crippen LogP contribution in [0, 0.1) is 5.92 Å². The average Bonchev–Trinajstić information content (AvgIpc) is 3.39. The Kier molecular flexibility index (Phi) is 9.43. The van der Waals surface area contributed by atoms with Crippen LogP contribution in [0.3, 0.4) is 0 Å². The zero-order valence-electron chi connectivity index (χ0n) is 16.5. The van der Waals surface area contributed by atoms with Crippen molar-refractivity contribution in [3.05, 3.63) is 42.4 Å². The topological polar surface area (TPSA) is 70.4 Å². The Hall–Kier alpha value is -1.60. The molecule has 1 amide bonds. The Labute approximate surface area is 184 Å². The van der Waals surface area contributed by atoms with Crippen LogP contribution in [0.5, 0.6) is 0 Å². The molecule has 0 saturated carbocycles. The van der Waals surface area contributed by atoms with Crippen molar-refractivity contribution in [1.29, 1.82) is 0 Å². The molecule has 29 heavy (non-hydrogen) atoms. The second-order valence-electron chi connectivity index (χ2n) is 7.62. The molecule has 2 fully saturated rings. The standard InChI is InChI=1S/C21H28N4O2.2ClH/c26-21(18-9-4-10-22-18)24-12-16-6-5-11-25(14-16)15-20-23-13-19(27-20)17-7-2-1-3-8-17;;/h1-3,7-8,13,16,18,22H,4-6,9-12,14-15H2,(H,24,26);2*1H. The van der Waals surface area contributed by atoms with E-state index < -0.39 is 0 Å². The van der Waals surface area contributed by atoms with Crippen LogP contribution in [0.4, 0.5) is 0 Å². The summed E-state index contributed by atoms with van der Waals surface area (Å²) in [5.74, 6) is 2.22. The molecule has 2 unspecified atom stereocenters. The Morgan fingerprint density at radius 3 is 2.79 bits per heavy atom. The van der Waals surface area contributed by atoms with Gasteiger partial charge in [-0.05, 0) is 44.7 Å². The highest BCUT2D eigenvalue weighted by molar-refractivity contribution is 5.85. The van der Waals surface area contributed by atoms with Crippen LogP contribution in [0.2, 0.25) is 0 Å². The van der Waals surface area contributed by atoms with E-state index in [-0.39, 0.29) is 36.8 Å². The van der Waals surface area contributed by atoms with Crippen LogP contribution < -0.4 is 10.6 Å². The number of amides is 1. The van der Waals surface area contributed by atoms with Crippen molar-refractivity contribution in [2.24, 2.45) is 5.92 Å². The molecule has 0 bridgehead atoms. The molecular weight excluding hydrogens is 411 g/mol. The van der Waals surface area contributed by atoms with Gasteiger partial charge in [0.15, 0.2) is 5.76 Å². The molecule has 8 heteroatoms. The zero-order chi connectivity index (χ0) is 18.5. The maximum atomic E-state index is 12.2. The molecule has 4 rings (SSSR count). The van der Waals surface area contributed by atoms with Gasteiger partial charge >= 0.3 is 0 Å². The molecule has 6 nitrogen and oxygen atoms in total. The first-order chi connectivity index (χ1) is 13.3. The van der Waals surface area contributed by atoms with Crippen molar-refractivity contribution in [3.63, 3.8) is 0 Å². The molecule has 0 spiro atoms. The molecule has 2 atom stereocenters. The number of likely N-dealkylation sites (tertiary alicyclic amines) is 1. The first kappa shape index (κ1) is 23.7. The molecule has 1 aromatic carbocycles. The molecule has 2 saturated heterocycles. The van der Waals surface area contributed by atoms with Gasteiger partial charge in [-0.3, -0.25) is 9.69 Å². The van der Waals surface area contributed by atoms with Gasteiger partial charge in [-0.15, -0.1) is 24.8 Å². The van der Waals surface area contributed by atoms with Crippen LogP contribution >= 0.6 is 24.8 Å². The van der Waals surface area contributed by atoms with Gasteiger partial charge in [-0.1, -0.05) is 30.3 Å². The van der Waals surface area contributed by atoms with Crippen LogP contribution in [0.25, 0.3) is 11.3 Å². The number of rotatable bonds is 6. The second kappa shape index (κ2) is 11.6. The minimum Gasteiger partial charge on any atom is -0.439 e. The van der Waals surface area contributed by atoms with Crippen molar-refractivity contribution in [1.82, 2.24) is 20.5 Å². The number of carbonyl (C=O) groups excluding carboxylic acids is 1. The highest BCUT2D eigenvalue weighted by atomic mass is 35.5. The van der Waals surface area contributed by atoms with E-state index in [4.69, 9.17) is 4.42 Å².